The van der Waals surface area contributed by atoms with Crippen LogP contribution in [0.15, 0.2) is 51.4 Å². The maximum Gasteiger partial charge on any atom is 0.277 e. The number of thiophene rings is 1. The number of carbonyl (C=O) groups excluding carboxylic acids is 1. The molecule has 0 fully saturated rings. The SMILES string of the molecule is COc1ccc(CNC(=O)[C@@H](C)Sc2nnc(-c3cccs3)o2)cc1. The first-order valence-corrected chi connectivity index (χ1v) is 9.36. The van der Waals surface area contributed by atoms with Gasteiger partial charge in [0.25, 0.3) is 11.1 Å². The Kier molecular flexibility index (Phi) is 5.72. The normalized spacial score (nSPS) is 11.9. The van der Waals surface area contributed by atoms with Gasteiger partial charge in [-0.2, -0.15) is 0 Å². The van der Waals surface area contributed by atoms with E-state index in [1.807, 2.05) is 48.7 Å². The molecule has 25 heavy (non-hydrogen) atoms. The number of nitrogens with zero attached hydrogens (tertiary/aromatic N) is 2. The van der Waals surface area contributed by atoms with Crippen molar-refractivity contribution < 1.29 is 13.9 Å². The number of thioether (sulfide) groups is 1. The van der Waals surface area contributed by atoms with Crippen LogP contribution in [0, 0.1) is 0 Å². The maximum absolute atomic E-state index is 12.2. The van der Waals surface area contributed by atoms with Crippen LogP contribution in [0.1, 0.15) is 12.5 Å². The lowest BCUT2D eigenvalue weighted by Gasteiger charge is -2.10. The van der Waals surface area contributed by atoms with Crippen LogP contribution >= 0.6 is 23.1 Å². The zero-order chi connectivity index (χ0) is 17.6. The van der Waals surface area contributed by atoms with E-state index >= 15 is 0 Å². The van der Waals surface area contributed by atoms with Crippen molar-refractivity contribution in [3.05, 3.63) is 47.3 Å². The molecule has 1 atom stereocenters. The first-order valence-electron chi connectivity index (χ1n) is 7.60. The molecule has 1 aromatic carbocycles. The number of nitrogens with one attached hydrogen (secondary N) is 1. The monoisotopic (exact) mass is 375 g/mol. The predicted molar refractivity (Wildman–Crippen MR) is 97.8 cm³/mol. The van der Waals surface area contributed by atoms with Crippen LogP contribution in [0.5, 0.6) is 5.75 Å². The highest BCUT2D eigenvalue weighted by molar-refractivity contribution is 8.00. The minimum Gasteiger partial charge on any atom is -0.497 e. The molecule has 0 unspecified atom stereocenters. The van der Waals surface area contributed by atoms with E-state index in [-0.39, 0.29) is 11.2 Å². The molecule has 1 amide bonds. The van der Waals surface area contributed by atoms with Gasteiger partial charge >= 0.3 is 0 Å². The summed E-state index contributed by atoms with van der Waals surface area (Å²) in [5.41, 5.74) is 1.00. The summed E-state index contributed by atoms with van der Waals surface area (Å²) in [6.45, 7) is 2.26. The number of aromatic nitrogens is 2. The molecule has 8 heteroatoms. The number of hydrogen-bond acceptors (Lipinski definition) is 7. The van der Waals surface area contributed by atoms with Gasteiger partial charge in [0.05, 0.1) is 17.2 Å². The predicted octanol–water partition coefficient (Wildman–Crippen LogP) is 3.60. The topological polar surface area (TPSA) is 77.2 Å². The Balaban J connectivity index is 1.52. The van der Waals surface area contributed by atoms with Crippen molar-refractivity contribution in [2.75, 3.05) is 7.11 Å². The second-order valence-corrected chi connectivity index (χ2v) is 7.42. The number of methoxy groups -OCH3 is 1. The van der Waals surface area contributed by atoms with Crippen molar-refractivity contribution in [2.45, 2.75) is 23.9 Å². The summed E-state index contributed by atoms with van der Waals surface area (Å²) in [5, 5.41) is 12.9. The molecule has 130 valence electrons. The Morgan fingerprint density at radius 2 is 2.12 bits per heavy atom. The first kappa shape index (κ1) is 17.5. The summed E-state index contributed by atoms with van der Waals surface area (Å²) in [7, 11) is 1.62. The third kappa shape index (κ3) is 4.61. The summed E-state index contributed by atoms with van der Waals surface area (Å²) in [6, 6.07) is 11.4. The molecule has 0 saturated carbocycles. The third-order valence-electron chi connectivity index (χ3n) is 3.41. The summed E-state index contributed by atoms with van der Waals surface area (Å²) in [5.74, 6) is 1.18. The van der Waals surface area contributed by atoms with Gasteiger partial charge in [0.15, 0.2) is 0 Å². The smallest absolute Gasteiger partial charge is 0.277 e. The van der Waals surface area contributed by atoms with Crippen LogP contribution < -0.4 is 10.1 Å². The molecule has 0 aliphatic carbocycles. The molecule has 0 bridgehead atoms. The zero-order valence-electron chi connectivity index (χ0n) is 13.8. The Hall–Kier alpha value is -2.32. The molecule has 6 nitrogen and oxygen atoms in total. The fourth-order valence-corrected chi connectivity index (χ4v) is 3.39. The van der Waals surface area contributed by atoms with E-state index in [2.05, 4.69) is 15.5 Å². The lowest BCUT2D eigenvalue weighted by Crippen LogP contribution is -2.30. The summed E-state index contributed by atoms with van der Waals surface area (Å²) < 4.78 is 10.7. The van der Waals surface area contributed by atoms with E-state index < -0.39 is 0 Å². The zero-order valence-corrected chi connectivity index (χ0v) is 15.4. The van der Waals surface area contributed by atoms with E-state index in [1.165, 1.54) is 23.1 Å². The second-order valence-electron chi connectivity index (χ2n) is 5.18. The summed E-state index contributed by atoms with van der Waals surface area (Å²) in [4.78, 5) is 13.1. The number of ether oxygens (including phenoxy) is 1. The molecule has 0 saturated heterocycles. The van der Waals surface area contributed by atoms with Crippen molar-refractivity contribution >= 4 is 29.0 Å². The van der Waals surface area contributed by atoms with Gasteiger partial charge < -0.3 is 14.5 Å². The molecule has 0 aliphatic heterocycles. The molecule has 0 aliphatic rings. The van der Waals surface area contributed by atoms with Gasteiger partial charge in [-0.3, -0.25) is 4.79 Å². The molecule has 2 heterocycles. The molecule has 0 radical (unpaired) electrons. The van der Waals surface area contributed by atoms with Crippen LogP contribution in [0.25, 0.3) is 10.8 Å². The van der Waals surface area contributed by atoms with Crippen molar-refractivity contribution in [3.63, 3.8) is 0 Å². The fraction of sp³-hybridized carbons (Fsp3) is 0.235. The molecular weight excluding hydrogens is 358 g/mol. The van der Waals surface area contributed by atoms with E-state index in [0.29, 0.717) is 17.7 Å². The first-order chi connectivity index (χ1) is 12.2. The number of amides is 1. The quantitative estimate of drug-likeness (QED) is 0.636. The molecular formula is C17H17N3O3S2. The van der Waals surface area contributed by atoms with E-state index in [1.54, 1.807) is 7.11 Å². The van der Waals surface area contributed by atoms with Crippen molar-refractivity contribution in [1.82, 2.24) is 15.5 Å². The number of rotatable bonds is 7. The number of benzene rings is 1. The minimum atomic E-state index is -0.338. The molecule has 3 rings (SSSR count). The summed E-state index contributed by atoms with van der Waals surface area (Å²) >= 11 is 2.77. The van der Waals surface area contributed by atoms with Gasteiger partial charge in [0.1, 0.15) is 5.75 Å². The van der Waals surface area contributed by atoms with Gasteiger partial charge in [-0.15, -0.1) is 21.5 Å². The Morgan fingerprint density at radius 1 is 1.32 bits per heavy atom. The van der Waals surface area contributed by atoms with Crippen molar-refractivity contribution in [2.24, 2.45) is 0 Å². The largest absolute Gasteiger partial charge is 0.497 e. The molecule has 0 spiro atoms. The Morgan fingerprint density at radius 3 is 2.80 bits per heavy atom. The van der Waals surface area contributed by atoms with Crippen LogP contribution in [0.2, 0.25) is 0 Å². The fourth-order valence-electron chi connectivity index (χ4n) is 2.04. The molecule has 1 N–H and O–H groups in total. The Labute approximate surface area is 153 Å². The van der Waals surface area contributed by atoms with E-state index in [9.17, 15) is 4.79 Å². The molecule has 2 aromatic heterocycles. The Bertz CT molecular complexity index is 816. The van der Waals surface area contributed by atoms with Crippen molar-refractivity contribution in [1.29, 1.82) is 0 Å². The standard InChI is InChI=1S/C17H17N3O3S2/c1-11(15(21)18-10-12-5-7-13(22-2)8-6-12)25-17-20-19-16(23-17)14-4-3-9-24-14/h3-9,11H,10H2,1-2H3,(H,18,21)/t11-/m1/s1. The molecule has 3 aromatic rings. The van der Waals surface area contributed by atoms with Crippen LogP contribution in [-0.2, 0) is 11.3 Å². The average Bonchev–Trinajstić information content (AvgIpc) is 3.31. The lowest BCUT2D eigenvalue weighted by molar-refractivity contribution is -0.120. The van der Waals surface area contributed by atoms with Crippen molar-refractivity contribution in [3.8, 4) is 16.5 Å². The lowest BCUT2D eigenvalue weighted by atomic mass is 10.2. The van der Waals surface area contributed by atoms with Gasteiger partial charge in [-0.25, -0.2) is 0 Å². The van der Waals surface area contributed by atoms with Crippen LogP contribution in [-0.4, -0.2) is 28.5 Å². The van der Waals surface area contributed by atoms with Gasteiger partial charge in [-0.05, 0) is 36.1 Å². The van der Waals surface area contributed by atoms with Gasteiger partial charge in [-0.1, -0.05) is 30.0 Å². The number of carbonyl (C=O) groups is 1. The number of hydrogen-bond donors (Lipinski definition) is 1. The average molecular weight is 375 g/mol. The van der Waals surface area contributed by atoms with Crippen LogP contribution in [0.4, 0.5) is 0 Å². The second kappa shape index (κ2) is 8.17. The van der Waals surface area contributed by atoms with E-state index in [4.69, 9.17) is 9.15 Å². The highest BCUT2D eigenvalue weighted by Crippen LogP contribution is 2.28. The highest BCUT2D eigenvalue weighted by Gasteiger charge is 2.18. The summed E-state index contributed by atoms with van der Waals surface area (Å²) in [6.07, 6.45) is 0. The third-order valence-corrected chi connectivity index (χ3v) is 5.20. The van der Waals surface area contributed by atoms with Crippen LogP contribution in [0.3, 0.4) is 0 Å². The van der Waals surface area contributed by atoms with E-state index in [0.717, 1.165) is 16.2 Å². The van der Waals surface area contributed by atoms with Gasteiger partial charge in [0.2, 0.25) is 5.91 Å². The van der Waals surface area contributed by atoms with Gasteiger partial charge in [0, 0.05) is 6.54 Å². The minimum absolute atomic E-state index is 0.0864. The maximum atomic E-state index is 12.2. The highest BCUT2D eigenvalue weighted by atomic mass is 32.2.